The zero-order valence-corrected chi connectivity index (χ0v) is 17.9. The Morgan fingerprint density at radius 1 is 1.39 bits per heavy atom. The average molecular weight is 438 g/mol. The molecular formula is C18H20ClN5O2S2. The van der Waals surface area contributed by atoms with Gasteiger partial charge in [-0.15, -0.1) is 11.3 Å². The van der Waals surface area contributed by atoms with Crippen LogP contribution in [0.3, 0.4) is 0 Å². The molecule has 3 rings (SSSR count). The number of H-pyrrole nitrogens is 1. The van der Waals surface area contributed by atoms with Crippen molar-refractivity contribution in [3.63, 3.8) is 0 Å². The number of hydrogen-bond donors (Lipinski definition) is 2. The number of aromatic nitrogens is 4. The molecule has 0 bridgehead atoms. The number of rotatable bonds is 8. The summed E-state index contributed by atoms with van der Waals surface area (Å²) in [6.45, 7) is 5.32. The first-order chi connectivity index (χ1) is 13.5. The molecule has 148 valence electrons. The van der Waals surface area contributed by atoms with Crippen LogP contribution in [0.5, 0.6) is 5.75 Å². The Kier molecular flexibility index (Phi) is 6.82. The van der Waals surface area contributed by atoms with Gasteiger partial charge in [0.15, 0.2) is 4.77 Å². The molecule has 0 aliphatic carbocycles. The average Bonchev–Trinajstić information content (AvgIpc) is 3.23. The van der Waals surface area contributed by atoms with E-state index in [1.807, 2.05) is 18.4 Å². The number of benzene rings is 1. The van der Waals surface area contributed by atoms with Crippen molar-refractivity contribution < 1.29 is 9.53 Å². The SMILES string of the molecule is CCn1c(CCNC(=O)c2sc(COc3ccc(Cl)cc3)nc2C)n[nH]c1=S. The van der Waals surface area contributed by atoms with E-state index < -0.39 is 0 Å². The first-order valence-electron chi connectivity index (χ1n) is 8.75. The van der Waals surface area contributed by atoms with Crippen LogP contribution in [0.25, 0.3) is 0 Å². The number of amides is 1. The fraction of sp³-hybridized carbons (Fsp3) is 0.333. The van der Waals surface area contributed by atoms with Gasteiger partial charge >= 0.3 is 0 Å². The number of ether oxygens (including phenoxy) is 1. The highest BCUT2D eigenvalue weighted by molar-refractivity contribution is 7.71. The molecule has 2 N–H and O–H groups in total. The van der Waals surface area contributed by atoms with E-state index in [4.69, 9.17) is 28.6 Å². The van der Waals surface area contributed by atoms with E-state index in [2.05, 4.69) is 20.5 Å². The summed E-state index contributed by atoms with van der Waals surface area (Å²) in [5.41, 5.74) is 0.688. The molecule has 1 amide bonds. The fourth-order valence-electron chi connectivity index (χ4n) is 2.64. The van der Waals surface area contributed by atoms with Crippen LogP contribution in [0.4, 0.5) is 0 Å². The molecule has 0 saturated carbocycles. The van der Waals surface area contributed by atoms with Gasteiger partial charge in [-0.25, -0.2) is 4.98 Å². The van der Waals surface area contributed by atoms with Gasteiger partial charge in [-0.05, 0) is 50.3 Å². The standard InChI is InChI=1S/C18H20ClN5O2S2/c1-3-24-14(22-23-18(24)27)8-9-20-17(25)16-11(2)21-15(28-16)10-26-13-6-4-12(19)5-7-13/h4-7H,3,8-10H2,1-2H3,(H,20,25)(H,23,27). The lowest BCUT2D eigenvalue weighted by Crippen LogP contribution is -2.26. The zero-order chi connectivity index (χ0) is 20.1. The van der Waals surface area contributed by atoms with Gasteiger partial charge in [0.1, 0.15) is 28.1 Å². The number of halogens is 1. The van der Waals surface area contributed by atoms with Gasteiger partial charge in [0.05, 0.1) is 5.69 Å². The highest BCUT2D eigenvalue weighted by Gasteiger charge is 2.16. The van der Waals surface area contributed by atoms with Crippen LogP contribution in [0.1, 0.15) is 33.1 Å². The Hall–Kier alpha value is -2.23. The third-order valence-corrected chi connectivity index (χ3v) is 5.70. The number of nitrogens with one attached hydrogen (secondary N) is 2. The maximum absolute atomic E-state index is 12.5. The van der Waals surface area contributed by atoms with Crippen LogP contribution < -0.4 is 10.1 Å². The minimum atomic E-state index is -0.148. The summed E-state index contributed by atoms with van der Waals surface area (Å²) in [6.07, 6.45) is 0.594. The lowest BCUT2D eigenvalue weighted by molar-refractivity contribution is 0.0957. The molecule has 0 saturated heterocycles. The molecule has 28 heavy (non-hydrogen) atoms. The molecule has 1 aromatic carbocycles. The number of aromatic amines is 1. The molecule has 0 aliphatic rings. The monoisotopic (exact) mass is 437 g/mol. The van der Waals surface area contributed by atoms with E-state index in [1.54, 1.807) is 24.3 Å². The summed E-state index contributed by atoms with van der Waals surface area (Å²) in [4.78, 5) is 17.5. The molecule has 2 aromatic heterocycles. The number of carbonyl (C=O) groups is 1. The lowest BCUT2D eigenvalue weighted by atomic mass is 10.3. The minimum Gasteiger partial charge on any atom is -0.486 e. The molecule has 0 fully saturated rings. The largest absolute Gasteiger partial charge is 0.486 e. The highest BCUT2D eigenvalue weighted by atomic mass is 35.5. The van der Waals surface area contributed by atoms with Gasteiger partial charge in [0.25, 0.3) is 5.91 Å². The quantitative estimate of drug-likeness (QED) is 0.521. The van der Waals surface area contributed by atoms with Gasteiger partial charge in [0.2, 0.25) is 0 Å². The van der Waals surface area contributed by atoms with E-state index in [0.29, 0.717) is 45.7 Å². The van der Waals surface area contributed by atoms with Crippen molar-refractivity contribution in [3.8, 4) is 5.75 Å². The van der Waals surface area contributed by atoms with Crippen LogP contribution in [-0.4, -0.2) is 32.2 Å². The Balaban J connectivity index is 1.55. The van der Waals surface area contributed by atoms with E-state index >= 15 is 0 Å². The molecule has 0 aliphatic heterocycles. The lowest BCUT2D eigenvalue weighted by Gasteiger charge is -2.05. The minimum absolute atomic E-state index is 0.148. The smallest absolute Gasteiger partial charge is 0.263 e. The first kappa shape index (κ1) is 20.5. The highest BCUT2D eigenvalue weighted by Crippen LogP contribution is 2.21. The first-order valence-corrected chi connectivity index (χ1v) is 10.3. The Morgan fingerprint density at radius 2 is 2.14 bits per heavy atom. The second-order valence-electron chi connectivity index (χ2n) is 5.96. The van der Waals surface area contributed by atoms with Crippen molar-refractivity contribution >= 4 is 41.1 Å². The molecule has 0 atom stereocenters. The number of aryl methyl sites for hydroxylation is 1. The Bertz CT molecular complexity index is 1010. The number of carbonyl (C=O) groups excluding carboxylic acids is 1. The molecule has 0 radical (unpaired) electrons. The number of hydrogen-bond acceptors (Lipinski definition) is 6. The van der Waals surface area contributed by atoms with E-state index in [1.165, 1.54) is 11.3 Å². The second kappa shape index (κ2) is 9.31. The van der Waals surface area contributed by atoms with Crippen molar-refractivity contribution in [2.24, 2.45) is 0 Å². The van der Waals surface area contributed by atoms with Gasteiger partial charge in [-0.3, -0.25) is 9.89 Å². The topological polar surface area (TPSA) is 84.8 Å². The summed E-state index contributed by atoms with van der Waals surface area (Å²) < 4.78 is 8.19. The summed E-state index contributed by atoms with van der Waals surface area (Å²) in [6, 6.07) is 7.11. The summed E-state index contributed by atoms with van der Waals surface area (Å²) >= 11 is 12.4. The van der Waals surface area contributed by atoms with Crippen molar-refractivity contribution in [2.45, 2.75) is 33.4 Å². The van der Waals surface area contributed by atoms with E-state index in [-0.39, 0.29) is 5.91 Å². The Labute approximate surface area is 176 Å². The van der Waals surface area contributed by atoms with Gasteiger partial charge in [0, 0.05) is 24.5 Å². The van der Waals surface area contributed by atoms with Crippen molar-refractivity contribution in [1.29, 1.82) is 0 Å². The summed E-state index contributed by atoms with van der Waals surface area (Å²) in [5.74, 6) is 1.38. The normalized spacial score (nSPS) is 10.8. The number of thiazole rings is 1. The molecule has 10 heteroatoms. The van der Waals surface area contributed by atoms with Crippen molar-refractivity contribution in [2.75, 3.05) is 6.54 Å². The molecule has 0 unspecified atom stereocenters. The molecule has 7 nitrogen and oxygen atoms in total. The van der Waals surface area contributed by atoms with E-state index in [0.717, 1.165) is 17.4 Å². The van der Waals surface area contributed by atoms with Gasteiger partial charge < -0.3 is 14.6 Å². The predicted octanol–water partition coefficient (Wildman–Crippen LogP) is 3.93. The van der Waals surface area contributed by atoms with Gasteiger partial charge in [-0.2, -0.15) is 5.10 Å². The second-order valence-corrected chi connectivity index (χ2v) is 7.87. The molecular weight excluding hydrogens is 418 g/mol. The van der Waals surface area contributed by atoms with Crippen LogP contribution in [0.2, 0.25) is 5.02 Å². The zero-order valence-electron chi connectivity index (χ0n) is 15.5. The van der Waals surface area contributed by atoms with Crippen molar-refractivity contribution in [3.05, 3.63) is 55.5 Å². The van der Waals surface area contributed by atoms with Crippen LogP contribution >= 0.6 is 35.2 Å². The predicted molar refractivity (Wildman–Crippen MR) is 112 cm³/mol. The third-order valence-electron chi connectivity index (χ3n) is 4.01. The number of nitrogens with zero attached hydrogens (tertiary/aromatic N) is 3. The molecule has 2 heterocycles. The summed E-state index contributed by atoms with van der Waals surface area (Å²) in [7, 11) is 0. The summed E-state index contributed by atoms with van der Waals surface area (Å²) in [5, 5.41) is 11.3. The molecule has 3 aromatic rings. The maximum atomic E-state index is 12.5. The van der Waals surface area contributed by atoms with Crippen LogP contribution in [0.15, 0.2) is 24.3 Å². The maximum Gasteiger partial charge on any atom is 0.263 e. The van der Waals surface area contributed by atoms with Crippen molar-refractivity contribution in [1.82, 2.24) is 25.1 Å². The van der Waals surface area contributed by atoms with E-state index in [9.17, 15) is 4.79 Å². The Morgan fingerprint density at radius 3 is 2.86 bits per heavy atom. The van der Waals surface area contributed by atoms with Gasteiger partial charge in [-0.1, -0.05) is 11.6 Å². The van der Waals surface area contributed by atoms with Crippen LogP contribution in [-0.2, 0) is 19.6 Å². The molecule has 0 spiro atoms. The fourth-order valence-corrected chi connectivity index (χ4v) is 3.94. The third kappa shape index (κ3) is 4.98. The van der Waals surface area contributed by atoms with Crippen LogP contribution in [0, 0.1) is 11.7 Å².